The Labute approximate surface area is 180 Å². The van der Waals surface area contributed by atoms with E-state index in [1.807, 2.05) is 50.2 Å². The molecule has 0 saturated carbocycles. The molecule has 0 saturated heterocycles. The number of aromatic nitrogens is 2. The molecular formula is C23H27N5O3. The number of anilines is 2. The van der Waals surface area contributed by atoms with Gasteiger partial charge in [0.25, 0.3) is 5.56 Å². The van der Waals surface area contributed by atoms with Gasteiger partial charge in [-0.3, -0.25) is 14.3 Å². The highest BCUT2D eigenvalue weighted by Gasteiger charge is 2.27. The first kappa shape index (κ1) is 21.9. The van der Waals surface area contributed by atoms with Crippen molar-refractivity contribution in [3.05, 3.63) is 76.7 Å². The van der Waals surface area contributed by atoms with Crippen LogP contribution in [0.1, 0.15) is 19.5 Å². The summed E-state index contributed by atoms with van der Waals surface area (Å²) in [7, 11) is 1.75. The highest BCUT2D eigenvalue weighted by molar-refractivity contribution is 5.99. The smallest absolute Gasteiger partial charge is 0.319 e. The van der Waals surface area contributed by atoms with E-state index in [-0.39, 0.29) is 17.2 Å². The summed E-state index contributed by atoms with van der Waals surface area (Å²) in [4.78, 5) is 38.4. The van der Waals surface area contributed by atoms with Gasteiger partial charge in [-0.1, -0.05) is 50.2 Å². The van der Waals surface area contributed by atoms with Gasteiger partial charge in [-0.05, 0) is 37.1 Å². The highest BCUT2D eigenvalue weighted by atomic mass is 16.2. The molecular weight excluding hydrogens is 394 g/mol. The Morgan fingerprint density at radius 1 is 0.903 bits per heavy atom. The third-order valence-corrected chi connectivity index (χ3v) is 5.07. The fraction of sp³-hybridized carbons (Fsp3) is 0.261. The zero-order valence-corrected chi connectivity index (χ0v) is 18.0. The first-order valence-corrected chi connectivity index (χ1v) is 10.1. The van der Waals surface area contributed by atoms with Crippen LogP contribution in [0.4, 0.5) is 16.2 Å². The molecule has 1 atom stereocenters. The van der Waals surface area contributed by atoms with Crippen molar-refractivity contribution in [3.63, 3.8) is 0 Å². The molecule has 3 N–H and O–H groups in total. The fourth-order valence-corrected chi connectivity index (χ4v) is 3.28. The second-order valence-electron chi connectivity index (χ2n) is 7.61. The molecule has 0 aliphatic heterocycles. The van der Waals surface area contributed by atoms with Gasteiger partial charge in [0.05, 0.1) is 11.4 Å². The van der Waals surface area contributed by atoms with Crippen LogP contribution >= 0.6 is 0 Å². The number of benzene rings is 2. The molecule has 0 fully saturated rings. The van der Waals surface area contributed by atoms with Gasteiger partial charge in [-0.25, -0.2) is 9.48 Å². The Morgan fingerprint density at radius 2 is 1.48 bits per heavy atom. The summed E-state index contributed by atoms with van der Waals surface area (Å²) < 4.78 is 3.18. The molecule has 0 bridgehead atoms. The second kappa shape index (κ2) is 9.34. The van der Waals surface area contributed by atoms with E-state index in [0.717, 1.165) is 0 Å². The molecule has 0 spiro atoms. The van der Waals surface area contributed by atoms with Crippen LogP contribution in [0.5, 0.6) is 0 Å². The first-order valence-electron chi connectivity index (χ1n) is 10.1. The molecule has 0 aliphatic rings. The summed E-state index contributed by atoms with van der Waals surface area (Å²) in [5.41, 5.74) is 1.77. The van der Waals surface area contributed by atoms with E-state index >= 15 is 0 Å². The first-order chi connectivity index (χ1) is 14.8. The van der Waals surface area contributed by atoms with E-state index in [2.05, 4.69) is 16.0 Å². The lowest BCUT2D eigenvalue weighted by atomic mass is 10.0. The second-order valence-corrected chi connectivity index (χ2v) is 7.61. The molecule has 1 unspecified atom stereocenters. The number of nitrogens with one attached hydrogen (secondary N) is 3. The maximum absolute atomic E-state index is 13.0. The number of rotatable bonds is 6. The summed E-state index contributed by atoms with van der Waals surface area (Å²) in [6, 6.07) is 16.8. The van der Waals surface area contributed by atoms with Crippen LogP contribution < -0.4 is 21.5 Å². The van der Waals surface area contributed by atoms with Crippen molar-refractivity contribution < 1.29 is 9.59 Å². The van der Waals surface area contributed by atoms with Crippen molar-refractivity contribution >= 4 is 23.3 Å². The Hall–Kier alpha value is -3.81. The van der Waals surface area contributed by atoms with Gasteiger partial charge in [-0.2, -0.15) is 0 Å². The van der Waals surface area contributed by atoms with Crippen molar-refractivity contribution in [1.29, 1.82) is 0 Å². The van der Waals surface area contributed by atoms with Crippen molar-refractivity contribution in [3.8, 4) is 5.69 Å². The molecule has 31 heavy (non-hydrogen) atoms. The predicted octanol–water partition coefficient (Wildman–Crippen LogP) is 3.27. The highest BCUT2D eigenvalue weighted by Crippen LogP contribution is 2.15. The van der Waals surface area contributed by atoms with E-state index in [9.17, 15) is 14.4 Å². The minimum absolute atomic E-state index is 0.187. The monoisotopic (exact) mass is 421 g/mol. The minimum Gasteiger partial charge on any atom is -0.326 e. The number of hydrogen-bond donors (Lipinski definition) is 3. The lowest BCUT2D eigenvalue weighted by molar-refractivity contribution is -0.118. The lowest BCUT2D eigenvalue weighted by Gasteiger charge is -2.21. The molecule has 1 heterocycles. The van der Waals surface area contributed by atoms with Crippen LogP contribution in [-0.4, -0.2) is 27.3 Å². The van der Waals surface area contributed by atoms with Crippen molar-refractivity contribution in [2.45, 2.75) is 26.8 Å². The molecule has 0 radical (unpaired) electrons. The predicted molar refractivity (Wildman–Crippen MR) is 122 cm³/mol. The SMILES string of the molecule is Cc1c(NC(=O)C(NC(=O)Nc2ccccc2)C(C)C)c(=O)n(-c2ccccc2)n1C. The summed E-state index contributed by atoms with van der Waals surface area (Å²) in [6.45, 7) is 5.41. The number of amides is 3. The standard InChI is InChI=1S/C23H27N5O3/c1-15(2)19(26-23(31)24-17-11-7-5-8-12-17)21(29)25-20-16(3)27(4)28(22(20)30)18-13-9-6-10-14-18/h5-15,19H,1-4H3,(H,25,29)(H2,24,26,31). The van der Waals surface area contributed by atoms with Gasteiger partial charge >= 0.3 is 6.03 Å². The summed E-state index contributed by atoms with van der Waals surface area (Å²) in [5.74, 6) is -0.647. The minimum atomic E-state index is -0.826. The van der Waals surface area contributed by atoms with Gasteiger partial charge in [0.2, 0.25) is 5.91 Å². The zero-order chi connectivity index (χ0) is 22.5. The fourth-order valence-electron chi connectivity index (χ4n) is 3.28. The Balaban J connectivity index is 1.80. The Kier molecular flexibility index (Phi) is 6.59. The number of hydrogen-bond acceptors (Lipinski definition) is 3. The van der Waals surface area contributed by atoms with Crippen LogP contribution in [0.2, 0.25) is 0 Å². The van der Waals surface area contributed by atoms with E-state index in [1.165, 1.54) is 4.68 Å². The lowest BCUT2D eigenvalue weighted by Crippen LogP contribution is -2.49. The third kappa shape index (κ3) is 4.85. The molecule has 3 aromatic rings. The third-order valence-electron chi connectivity index (χ3n) is 5.07. The molecule has 0 aliphatic carbocycles. The number of carbonyl (C=O) groups is 2. The van der Waals surface area contributed by atoms with E-state index in [1.54, 1.807) is 42.9 Å². The molecule has 162 valence electrons. The zero-order valence-electron chi connectivity index (χ0n) is 18.0. The Morgan fingerprint density at radius 3 is 2.06 bits per heavy atom. The maximum Gasteiger partial charge on any atom is 0.319 e. The number of nitrogens with zero attached hydrogens (tertiary/aromatic N) is 2. The maximum atomic E-state index is 13.0. The van der Waals surface area contributed by atoms with Crippen molar-refractivity contribution in [2.75, 3.05) is 10.6 Å². The van der Waals surface area contributed by atoms with Gasteiger partial charge in [0.15, 0.2) is 0 Å². The normalized spacial score (nSPS) is 11.8. The topological polar surface area (TPSA) is 97.2 Å². The Bertz CT molecular complexity index is 1120. The average molecular weight is 422 g/mol. The van der Waals surface area contributed by atoms with Gasteiger partial charge in [0, 0.05) is 12.7 Å². The van der Waals surface area contributed by atoms with E-state index in [4.69, 9.17) is 0 Å². The number of urea groups is 1. The summed E-state index contributed by atoms with van der Waals surface area (Å²) >= 11 is 0. The molecule has 8 nitrogen and oxygen atoms in total. The largest absolute Gasteiger partial charge is 0.326 e. The number of carbonyl (C=O) groups excluding carboxylic acids is 2. The average Bonchev–Trinajstić information content (AvgIpc) is 2.96. The molecule has 3 rings (SSSR count). The quantitative estimate of drug-likeness (QED) is 0.570. The van der Waals surface area contributed by atoms with Crippen LogP contribution in [-0.2, 0) is 11.8 Å². The molecule has 3 amide bonds. The van der Waals surface area contributed by atoms with Crippen molar-refractivity contribution in [1.82, 2.24) is 14.7 Å². The van der Waals surface area contributed by atoms with E-state index in [0.29, 0.717) is 17.1 Å². The van der Waals surface area contributed by atoms with Crippen molar-refractivity contribution in [2.24, 2.45) is 13.0 Å². The van der Waals surface area contributed by atoms with Gasteiger partial charge in [0.1, 0.15) is 11.7 Å². The van der Waals surface area contributed by atoms with Crippen LogP contribution in [0.25, 0.3) is 5.69 Å². The number of para-hydroxylation sites is 2. The molecule has 8 heteroatoms. The molecule has 2 aromatic carbocycles. The van der Waals surface area contributed by atoms with E-state index < -0.39 is 18.0 Å². The summed E-state index contributed by atoms with van der Waals surface area (Å²) in [5, 5.41) is 8.13. The molecule has 1 aromatic heterocycles. The van der Waals surface area contributed by atoms with Gasteiger partial charge in [-0.15, -0.1) is 0 Å². The summed E-state index contributed by atoms with van der Waals surface area (Å²) in [6.07, 6.45) is 0. The van der Waals surface area contributed by atoms with Crippen LogP contribution in [0.3, 0.4) is 0 Å². The van der Waals surface area contributed by atoms with Crippen LogP contribution in [0, 0.1) is 12.8 Å². The van der Waals surface area contributed by atoms with Crippen LogP contribution in [0.15, 0.2) is 65.5 Å². The van der Waals surface area contributed by atoms with Gasteiger partial charge < -0.3 is 16.0 Å².